The molecule has 0 spiro atoms. The number of fused-ring (bicyclic) bond motifs is 1. The Balaban J connectivity index is 1.55. The van der Waals surface area contributed by atoms with E-state index in [1.165, 1.54) is 31.2 Å². The predicted octanol–water partition coefficient (Wildman–Crippen LogP) is 4.27. The van der Waals surface area contributed by atoms with Crippen molar-refractivity contribution in [3.8, 4) is 11.3 Å². The van der Waals surface area contributed by atoms with Gasteiger partial charge >= 0.3 is 0 Å². The smallest absolute Gasteiger partial charge is 0.242 e. The van der Waals surface area contributed by atoms with Crippen molar-refractivity contribution in [2.75, 3.05) is 19.4 Å². The van der Waals surface area contributed by atoms with E-state index in [2.05, 4.69) is 11.4 Å². The third kappa shape index (κ3) is 3.80. The number of rotatable bonds is 6. The van der Waals surface area contributed by atoms with Crippen LogP contribution in [-0.2, 0) is 10.0 Å². The Morgan fingerprint density at radius 3 is 2.35 bits per heavy atom. The summed E-state index contributed by atoms with van der Waals surface area (Å²) < 4.78 is 27.7. The molecule has 1 N–H and O–H groups in total. The van der Waals surface area contributed by atoms with E-state index in [-0.39, 0.29) is 4.90 Å². The summed E-state index contributed by atoms with van der Waals surface area (Å²) in [5, 5.41) is 8.16. The minimum Gasteiger partial charge on any atom is -0.340 e. The van der Waals surface area contributed by atoms with E-state index in [0.29, 0.717) is 5.92 Å². The van der Waals surface area contributed by atoms with Crippen LogP contribution in [-0.4, -0.2) is 41.4 Å². The van der Waals surface area contributed by atoms with Crippen LogP contribution in [0.5, 0.6) is 0 Å². The van der Waals surface area contributed by atoms with Gasteiger partial charge in [-0.1, -0.05) is 30.3 Å². The second-order valence-electron chi connectivity index (χ2n) is 7.94. The number of hydrogen-bond donors (Lipinski definition) is 1. The van der Waals surface area contributed by atoms with Crippen molar-refractivity contribution >= 4 is 27.2 Å². The topological polar surface area (TPSA) is 79.6 Å². The zero-order valence-electron chi connectivity index (χ0n) is 17.4. The van der Waals surface area contributed by atoms with Gasteiger partial charge in [0.25, 0.3) is 0 Å². The van der Waals surface area contributed by atoms with E-state index in [4.69, 9.17) is 10.1 Å². The molecule has 8 heteroatoms. The van der Waals surface area contributed by atoms with Gasteiger partial charge < -0.3 is 5.32 Å². The summed E-state index contributed by atoms with van der Waals surface area (Å²) in [4.78, 5) is 5.07. The third-order valence-electron chi connectivity index (χ3n) is 5.42. The number of hydrogen-bond acceptors (Lipinski definition) is 5. The molecule has 0 radical (unpaired) electrons. The fraction of sp³-hybridized carbons (Fsp3) is 0.217. The molecular weight excluding hydrogens is 410 g/mol. The van der Waals surface area contributed by atoms with Crippen LogP contribution in [0.2, 0.25) is 0 Å². The number of nitrogens with one attached hydrogen (secondary N) is 1. The third-order valence-corrected chi connectivity index (χ3v) is 7.25. The van der Waals surface area contributed by atoms with Crippen molar-refractivity contribution in [1.82, 2.24) is 18.9 Å². The molecule has 1 aliphatic rings. The molecule has 4 aromatic rings. The van der Waals surface area contributed by atoms with Crippen molar-refractivity contribution in [2.24, 2.45) is 0 Å². The largest absolute Gasteiger partial charge is 0.340 e. The van der Waals surface area contributed by atoms with E-state index in [1.807, 2.05) is 40.9 Å². The number of sulfonamides is 1. The highest BCUT2D eigenvalue weighted by atomic mass is 32.2. The van der Waals surface area contributed by atoms with Crippen LogP contribution in [0.1, 0.15) is 24.5 Å². The van der Waals surface area contributed by atoms with Gasteiger partial charge in [0.2, 0.25) is 10.0 Å². The maximum absolute atomic E-state index is 12.3. The van der Waals surface area contributed by atoms with Crippen LogP contribution in [0.4, 0.5) is 11.5 Å². The molecule has 7 nitrogen and oxygen atoms in total. The van der Waals surface area contributed by atoms with E-state index in [9.17, 15) is 8.42 Å². The van der Waals surface area contributed by atoms with Gasteiger partial charge in [0.15, 0.2) is 5.65 Å². The fourth-order valence-electron chi connectivity index (χ4n) is 3.49. The van der Waals surface area contributed by atoms with Gasteiger partial charge in [0.1, 0.15) is 5.82 Å². The molecule has 5 rings (SSSR count). The van der Waals surface area contributed by atoms with Crippen molar-refractivity contribution in [1.29, 1.82) is 0 Å². The standard InChI is InChI=1S/C23H23N5O2S/c1-27(2)31(29,30)19-12-10-18(11-13-19)24-22-14-20(16-6-4-3-5-7-16)25-23-15-21(17-8-9-17)26-28(22)23/h3-7,10-15,17,24H,8-9H2,1-2H3. The highest BCUT2D eigenvalue weighted by Crippen LogP contribution is 2.40. The first-order valence-corrected chi connectivity index (χ1v) is 11.6. The first kappa shape index (κ1) is 19.7. The molecule has 1 fully saturated rings. The molecule has 31 heavy (non-hydrogen) atoms. The molecule has 2 aromatic carbocycles. The van der Waals surface area contributed by atoms with Crippen LogP contribution in [0.3, 0.4) is 0 Å². The Kier molecular flexibility index (Phi) is 4.75. The molecule has 2 aromatic heterocycles. The Labute approximate surface area is 181 Å². The van der Waals surface area contributed by atoms with Gasteiger partial charge in [0, 0.05) is 43.4 Å². The minimum absolute atomic E-state index is 0.253. The van der Waals surface area contributed by atoms with Crippen LogP contribution < -0.4 is 5.32 Å². The highest BCUT2D eigenvalue weighted by Gasteiger charge is 2.27. The summed E-state index contributed by atoms with van der Waals surface area (Å²) in [5.41, 5.74) is 4.50. The van der Waals surface area contributed by atoms with Crippen LogP contribution in [0, 0.1) is 0 Å². The summed E-state index contributed by atoms with van der Waals surface area (Å²) in [7, 11) is -0.419. The zero-order valence-corrected chi connectivity index (χ0v) is 18.2. The maximum atomic E-state index is 12.3. The van der Waals surface area contributed by atoms with E-state index in [0.717, 1.165) is 34.1 Å². The lowest BCUT2D eigenvalue weighted by molar-refractivity contribution is 0.521. The lowest BCUT2D eigenvalue weighted by Crippen LogP contribution is -2.22. The van der Waals surface area contributed by atoms with Crippen molar-refractivity contribution < 1.29 is 8.42 Å². The summed E-state index contributed by atoms with van der Waals surface area (Å²) in [6.45, 7) is 0. The Morgan fingerprint density at radius 1 is 1.00 bits per heavy atom. The SMILES string of the molecule is CN(C)S(=O)(=O)c1ccc(Nc2cc(-c3ccccc3)nc3cc(C4CC4)nn23)cc1. The summed E-state index contributed by atoms with van der Waals surface area (Å²) in [6, 6.07) is 20.8. The summed E-state index contributed by atoms with van der Waals surface area (Å²) in [5.74, 6) is 1.30. The van der Waals surface area contributed by atoms with E-state index in [1.54, 1.807) is 24.3 Å². The van der Waals surface area contributed by atoms with E-state index >= 15 is 0 Å². The van der Waals surface area contributed by atoms with E-state index < -0.39 is 10.0 Å². The molecule has 2 heterocycles. The van der Waals surface area contributed by atoms with Crippen LogP contribution >= 0.6 is 0 Å². The van der Waals surface area contributed by atoms with Crippen molar-refractivity contribution in [3.63, 3.8) is 0 Å². The average molecular weight is 434 g/mol. The normalized spacial score (nSPS) is 14.3. The van der Waals surface area contributed by atoms with Crippen LogP contribution in [0.25, 0.3) is 16.9 Å². The Bertz CT molecular complexity index is 1340. The molecule has 1 aliphatic carbocycles. The molecule has 158 valence electrons. The number of aromatic nitrogens is 3. The van der Waals surface area contributed by atoms with Gasteiger partial charge in [-0.15, -0.1) is 0 Å². The molecule has 0 bridgehead atoms. The van der Waals surface area contributed by atoms with Gasteiger partial charge in [-0.25, -0.2) is 17.7 Å². The molecule has 0 amide bonds. The molecule has 0 atom stereocenters. The van der Waals surface area contributed by atoms with Crippen molar-refractivity contribution in [3.05, 3.63) is 72.4 Å². The molecule has 0 unspecified atom stereocenters. The quantitative estimate of drug-likeness (QED) is 0.491. The molecule has 1 saturated carbocycles. The summed E-state index contributed by atoms with van der Waals surface area (Å²) in [6.07, 6.45) is 2.33. The molecule has 0 saturated heterocycles. The molecular formula is C23H23N5O2S. The number of nitrogens with zero attached hydrogens (tertiary/aromatic N) is 4. The maximum Gasteiger partial charge on any atom is 0.242 e. The zero-order chi connectivity index (χ0) is 21.6. The molecule has 0 aliphatic heterocycles. The second kappa shape index (κ2) is 7.47. The number of benzene rings is 2. The first-order chi connectivity index (χ1) is 14.9. The predicted molar refractivity (Wildman–Crippen MR) is 121 cm³/mol. The van der Waals surface area contributed by atoms with Gasteiger partial charge in [-0.2, -0.15) is 9.61 Å². The van der Waals surface area contributed by atoms with Crippen LogP contribution in [0.15, 0.2) is 71.6 Å². The Morgan fingerprint density at radius 2 is 1.71 bits per heavy atom. The first-order valence-electron chi connectivity index (χ1n) is 10.2. The average Bonchev–Trinajstić information content (AvgIpc) is 3.53. The monoisotopic (exact) mass is 433 g/mol. The number of anilines is 2. The van der Waals surface area contributed by atoms with Gasteiger partial charge in [0.05, 0.1) is 16.3 Å². The van der Waals surface area contributed by atoms with Gasteiger partial charge in [-0.05, 0) is 37.1 Å². The summed E-state index contributed by atoms with van der Waals surface area (Å²) >= 11 is 0. The second-order valence-corrected chi connectivity index (χ2v) is 10.1. The van der Waals surface area contributed by atoms with Gasteiger partial charge in [-0.3, -0.25) is 0 Å². The lowest BCUT2D eigenvalue weighted by Gasteiger charge is -2.13. The minimum atomic E-state index is -3.47. The highest BCUT2D eigenvalue weighted by molar-refractivity contribution is 7.89. The van der Waals surface area contributed by atoms with Crippen molar-refractivity contribution in [2.45, 2.75) is 23.7 Å². The Hall–Kier alpha value is -3.23. The fourth-order valence-corrected chi connectivity index (χ4v) is 4.39. The lowest BCUT2D eigenvalue weighted by atomic mass is 10.1.